The predicted octanol–water partition coefficient (Wildman–Crippen LogP) is 3.01. The Morgan fingerprint density at radius 2 is 1.48 bits per heavy atom. The van der Waals surface area contributed by atoms with Gasteiger partial charge >= 0.3 is 0 Å². The van der Waals surface area contributed by atoms with Gasteiger partial charge in [-0.2, -0.15) is 0 Å². The molecule has 0 spiro atoms. The number of aromatic nitrogens is 3. The fourth-order valence-corrected chi connectivity index (χ4v) is 2.30. The zero-order valence-corrected chi connectivity index (χ0v) is 12.1. The molecular formula is C17H13F2N3O. The van der Waals surface area contributed by atoms with Gasteiger partial charge in [0.05, 0.1) is 12.2 Å². The molecule has 0 unspecified atom stereocenters. The van der Waals surface area contributed by atoms with E-state index in [4.69, 9.17) is 0 Å². The van der Waals surface area contributed by atoms with E-state index < -0.39 is 0 Å². The number of aldehydes is 1. The smallest absolute Gasteiger partial charge is 0.172 e. The maximum atomic E-state index is 13.0. The topological polar surface area (TPSA) is 47.8 Å². The summed E-state index contributed by atoms with van der Waals surface area (Å²) >= 11 is 0. The van der Waals surface area contributed by atoms with Gasteiger partial charge < -0.3 is 0 Å². The van der Waals surface area contributed by atoms with Crippen LogP contribution in [0.15, 0.2) is 48.5 Å². The summed E-state index contributed by atoms with van der Waals surface area (Å²) < 4.78 is 27.6. The summed E-state index contributed by atoms with van der Waals surface area (Å²) in [5.74, 6) is -0.630. The van der Waals surface area contributed by atoms with E-state index in [9.17, 15) is 13.6 Å². The van der Waals surface area contributed by atoms with E-state index in [0.29, 0.717) is 24.9 Å². The quantitative estimate of drug-likeness (QED) is 0.680. The first kappa shape index (κ1) is 15.0. The average molecular weight is 313 g/mol. The van der Waals surface area contributed by atoms with Gasteiger partial charge in [0.2, 0.25) is 0 Å². The lowest BCUT2D eigenvalue weighted by molar-refractivity contribution is 0.111. The second-order valence-electron chi connectivity index (χ2n) is 5.13. The number of rotatable bonds is 5. The second kappa shape index (κ2) is 6.48. The molecule has 0 radical (unpaired) electrons. The molecule has 0 aliphatic rings. The first-order valence-corrected chi connectivity index (χ1v) is 7.02. The highest BCUT2D eigenvalue weighted by Crippen LogP contribution is 2.14. The number of carbonyl (C=O) groups excluding carboxylic acids is 1. The van der Waals surface area contributed by atoms with Crippen molar-refractivity contribution in [1.29, 1.82) is 0 Å². The minimum atomic E-state index is -0.317. The summed E-state index contributed by atoms with van der Waals surface area (Å²) in [5, 5.41) is 7.84. The van der Waals surface area contributed by atoms with Crippen molar-refractivity contribution >= 4 is 6.29 Å². The first-order chi connectivity index (χ1) is 11.2. The van der Waals surface area contributed by atoms with E-state index in [1.54, 1.807) is 28.9 Å². The highest BCUT2D eigenvalue weighted by molar-refractivity contribution is 5.73. The van der Waals surface area contributed by atoms with Crippen molar-refractivity contribution in [3.63, 3.8) is 0 Å². The Kier molecular flexibility index (Phi) is 4.23. The van der Waals surface area contributed by atoms with Crippen LogP contribution in [-0.4, -0.2) is 21.3 Å². The van der Waals surface area contributed by atoms with Crippen LogP contribution in [0.2, 0.25) is 0 Å². The minimum absolute atomic E-state index is 0.247. The molecule has 23 heavy (non-hydrogen) atoms. The Hall–Kier alpha value is -2.89. The van der Waals surface area contributed by atoms with Crippen LogP contribution in [0.25, 0.3) is 0 Å². The minimum Gasteiger partial charge on any atom is -0.296 e. The molecule has 0 bridgehead atoms. The van der Waals surface area contributed by atoms with Gasteiger partial charge in [0, 0.05) is 6.42 Å². The van der Waals surface area contributed by atoms with E-state index >= 15 is 0 Å². The summed E-state index contributed by atoms with van der Waals surface area (Å²) in [4.78, 5) is 11.2. The molecule has 0 saturated carbocycles. The van der Waals surface area contributed by atoms with Crippen LogP contribution in [0.4, 0.5) is 8.78 Å². The van der Waals surface area contributed by atoms with Gasteiger partial charge in [0.25, 0.3) is 0 Å². The van der Waals surface area contributed by atoms with Crippen molar-refractivity contribution in [2.75, 3.05) is 0 Å². The van der Waals surface area contributed by atoms with E-state index in [2.05, 4.69) is 10.3 Å². The molecular weight excluding hydrogens is 300 g/mol. The number of benzene rings is 2. The van der Waals surface area contributed by atoms with Crippen molar-refractivity contribution in [1.82, 2.24) is 15.0 Å². The van der Waals surface area contributed by atoms with Crippen LogP contribution in [0.1, 0.15) is 27.3 Å². The average Bonchev–Trinajstić information content (AvgIpc) is 2.93. The maximum Gasteiger partial charge on any atom is 0.172 e. The summed E-state index contributed by atoms with van der Waals surface area (Å²) in [6, 6.07) is 12.1. The standard InChI is InChI=1S/C17H13F2N3O/c18-14-5-1-12(2-6-14)9-17-16(11-23)20-21-22(17)10-13-3-7-15(19)8-4-13/h1-8,11H,9-10H2. The summed E-state index contributed by atoms with van der Waals surface area (Å²) in [5.41, 5.74) is 2.57. The van der Waals surface area contributed by atoms with Crippen molar-refractivity contribution in [2.24, 2.45) is 0 Å². The van der Waals surface area contributed by atoms with E-state index in [1.165, 1.54) is 24.3 Å². The van der Waals surface area contributed by atoms with E-state index in [1.807, 2.05) is 0 Å². The van der Waals surface area contributed by atoms with E-state index in [0.717, 1.165) is 11.1 Å². The third-order valence-electron chi connectivity index (χ3n) is 3.51. The molecule has 0 atom stereocenters. The number of halogens is 2. The Labute approximate surface area is 131 Å². The number of nitrogens with zero attached hydrogens (tertiary/aromatic N) is 3. The number of hydrogen-bond acceptors (Lipinski definition) is 3. The summed E-state index contributed by atoms with van der Waals surface area (Å²) in [7, 11) is 0. The number of carbonyl (C=O) groups is 1. The van der Waals surface area contributed by atoms with Gasteiger partial charge in [-0.15, -0.1) is 5.10 Å². The van der Waals surface area contributed by atoms with Crippen LogP contribution in [0.3, 0.4) is 0 Å². The van der Waals surface area contributed by atoms with Crippen LogP contribution in [-0.2, 0) is 13.0 Å². The Morgan fingerprint density at radius 3 is 2.04 bits per heavy atom. The highest BCUT2D eigenvalue weighted by atomic mass is 19.1. The molecule has 2 aromatic carbocycles. The molecule has 3 aromatic rings. The Balaban J connectivity index is 1.89. The van der Waals surface area contributed by atoms with Crippen molar-refractivity contribution in [3.05, 3.63) is 82.7 Å². The van der Waals surface area contributed by atoms with Crippen LogP contribution >= 0.6 is 0 Å². The Bertz CT molecular complexity index is 811. The SMILES string of the molecule is O=Cc1nnn(Cc2ccc(F)cc2)c1Cc1ccc(F)cc1. The fraction of sp³-hybridized carbons (Fsp3) is 0.118. The monoisotopic (exact) mass is 313 g/mol. The van der Waals surface area contributed by atoms with Gasteiger partial charge in [0.1, 0.15) is 17.3 Å². The highest BCUT2D eigenvalue weighted by Gasteiger charge is 2.13. The van der Waals surface area contributed by atoms with Crippen LogP contribution in [0, 0.1) is 11.6 Å². The molecule has 0 amide bonds. The van der Waals surface area contributed by atoms with Crippen molar-refractivity contribution < 1.29 is 13.6 Å². The van der Waals surface area contributed by atoms with Crippen LogP contribution in [0.5, 0.6) is 0 Å². The van der Waals surface area contributed by atoms with Gasteiger partial charge in [-0.3, -0.25) is 4.79 Å². The fourth-order valence-electron chi connectivity index (χ4n) is 2.30. The van der Waals surface area contributed by atoms with Crippen molar-refractivity contribution in [3.8, 4) is 0 Å². The third-order valence-corrected chi connectivity index (χ3v) is 3.51. The predicted molar refractivity (Wildman–Crippen MR) is 80.1 cm³/mol. The van der Waals surface area contributed by atoms with Gasteiger partial charge in [0.15, 0.2) is 6.29 Å². The van der Waals surface area contributed by atoms with Gasteiger partial charge in [-0.05, 0) is 35.4 Å². The van der Waals surface area contributed by atoms with Gasteiger partial charge in [-0.25, -0.2) is 13.5 Å². The zero-order valence-electron chi connectivity index (χ0n) is 12.1. The maximum absolute atomic E-state index is 13.0. The zero-order chi connectivity index (χ0) is 16.2. The largest absolute Gasteiger partial charge is 0.296 e. The molecule has 3 rings (SSSR count). The third kappa shape index (κ3) is 3.48. The van der Waals surface area contributed by atoms with Crippen LogP contribution < -0.4 is 0 Å². The lowest BCUT2D eigenvalue weighted by Gasteiger charge is -2.07. The molecule has 0 fully saturated rings. The Morgan fingerprint density at radius 1 is 0.913 bits per heavy atom. The summed E-state index contributed by atoms with van der Waals surface area (Å²) in [6.45, 7) is 0.373. The van der Waals surface area contributed by atoms with Crippen molar-refractivity contribution in [2.45, 2.75) is 13.0 Å². The lowest BCUT2D eigenvalue weighted by atomic mass is 10.1. The number of hydrogen-bond donors (Lipinski definition) is 0. The van der Waals surface area contributed by atoms with Gasteiger partial charge in [-0.1, -0.05) is 29.5 Å². The van der Waals surface area contributed by atoms with E-state index in [-0.39, 0.29) is 17.3 Å². The second-order valence-corrected chi connectivity index (χ2v) is 5.13. The molecule has 1 heterocycles. The molecule has 6 heteroatoms. The summed E-state index contributed by atoms with van der Waals surface area (Å²) in [6.07, 6.45) is 1.05. The normalized spacial score (nSPS) is 10.7. The molecule has 1 aromatic heterocycles. The molecule has 0 saturated heterocycles. The molecule has 116 valence electrons. The molecule has 0 aliphatic heterocycles. The first-order valence-electron chi connectivity index (χ1n) is 7.02. The molecule has 0 N–H and O–H groups in total. The molecule has 0 aliphatic carbocycles. The lowest BCUT2D eigenvalue weighted by Crippen LogP contribution is -2.08. The molecule has 4 nitrogen and oxygen atoms in total.